The smallest absolute Gasteiger partial charge is 0.269 e. The summed E-state index contributed by atoms with van der Waals surface area (Å²) >= 11 is 1.24. The van der Waals surface area contributed by atoms with Crippen molar-refractivity contribution in [3.63, 3.8) is 0 Å². The Morgan fingerprint density at radius 2 is 2.21 bits per heavy atom. The molecule has 1 amide bonds. The number of nitrogens with zero attached hydrogens (tertiary/aromatic N) is 3. The third kappa shape index (κ3) is 3.58. The van der Waals surface area contributed by atoms with Crippen molar-refractivity contribution in [2.45, 2.75) is 44.2 Å². The quantitative estimate of drug-likeness (QED) is 0.675. The topological polar surface area (TPSA) is 94.5 Å². The van der Waals surface area contributed by atoms with Crippen molar-refractivity contribution in [3.05, 3.63) is 34.4 Å². The molecule has 10 heteroatoms. The normalized spacial score (nSPS) is 21.3. The number of amides is 1. The Morgan fingerprint density at radius 1 is 1.41 bits per heavy atom. The van der Waals surface area contributed by atoms with Gasteiger partial charge in [0.1, 0.15) is 6.04 Å². The molecule has 0 radical (unpaired) electrons. The number of nitrogens with two attached hydrogens (primary N) is 1. The van der Waals surface area contributed by atoms with Crippen LogP contribution in [-0.2, 0) is 0 Å². The van der Waals surface area contributed by atoms with E-state index >= 15 is 0 Å². The van der Waals surface area contributed by atoms with Crippen molar-refractivity contribution in [2.24, 2.45) is 5.73 Å². The number of aromatic nitrogens is 3. The van der Waals surface area contributed by atoms with Gasteiger partial charge in [-0.1, -0.05) is 0 Å². The summed E-state index contributed by atoms with van der Waals surface area (Å²) in [7, 11) is 1.54. The number of nitrogens with one attached hydrogen (secondary N) is 1. The number of aryl methyl sites for hydroxylation is 1. The zero-order valence-electron chi connectivity index (χ0n) is 16.0. The number of carbonyl (C=O) groups excluding carboxylic acids is 1. The van der Waals surface area contributed by atoms with Crippen molar-refractivity contribution in [1.82, 2.24) is 19.9 Å². The zero-order valence-corrected chi connectivity index (χ0v) is 16.8. The maximum absolute atomic E-state index is 14.2. The molecule has 0 spiro atoms. The van der Waals surface area contributed by atoms with E-state index in [1.165, 1.54) is 11.3 Å². The first kappa shape index (κ1) is 19.7. The Balaban J connectivity index is 1.62. The molecule has 4 rings (SSSR count). The number of rotatable bonds is 4. The van der Waals surface area contributed by atoms with Gasteiger partial charge in [0.05, 0.1) is 30.6 Å². The maximum atomic E-state index is 14.2. The number of fused-ring (bicyclic) bond motifs is 1. The van der Waals surface area contributed by atoms with Gasteiger partial charge in [0.25, 0.3) is 11.8 Å². The summed E-state index contributed by atoms with van der Waals surface area (Å²) in [5, 5.41) is 6.74. The second kappa shape index (κ2) is 7.34. The molecular weight excluding hydrogens is 400 g/mol. The molecule has 0 aromatic carbocycles. The predicted molar refractivity (Wildman–Crippen MR) is 106 cm³/mol. The molecule has 3 N–H and O–H groups in total. The van der Waals surface area contributed by atoms with Crippen LogP contribution in [0.3, 0.4) is 0 Å². The van der Waals surface area contributed by atoms with E-state index in [0.29, 0.717) is 29.1 Å². The molecule has 29 heavy (non-hydrogen) atoms. The van der Waals surface area contributed by atoms with Gasteiger partial charge in [-0.2, -0.15) is 5.10 Å². The maximum Gasteiger partial charge on any atom is 0.269 e. The number of ether oxygens (including phenoxy) is 1. The predicted octanol–water partition coefficient (Wildman–Crippen LogP) is 3.02. The molecule has 3 heterocycles. The molecule has 1 fully saturated rings. The van der Waals surface area contributed by atoms with Gasteiger partial charge in [0, 0.05) is 28.5 Å². The van der Waals surface area contributed by atoms with Gasteiger partial charge in [-0.3, -0.25) is 4.79 Å². The summed E-state index contributed by atoms with van der Waals surface area (Å²) in [5.41, 5.74) is 8.00. The molecule has 0 bridgehead atoms. The first-order valence-corrected chi connectivity index (χ1v) is 10.0. The van der Waals surface area contributed by atoms with Crippen LogP contribution in [-0.4, -0.2) is 45.6 Å². The fourth-order valence-electron chi connectivity index (χ4n) is 3.65. The van der Waals surface area contributed by atoms with Crippen LogP contribution in [0.5, 0.6) is 5.75 Å². The monoisotopic (exact) mass is 421 g/mol. The number of methoxy groups -OCH3 is 1. The highest BCUT2D eigenvalue weighted by molar-refractivity contribution is 7.14. The summed E-state index contributed by atoms with van der Waals surface area (Å²) in [6.45, 7) is 1.87. The molecule has 0 aliphatic heterocycles. The average molecular weight is 421 g/mol. The fourth-order valence-corrected chi connectivity index (χ4v) is 4.59. The van der Waals surface area contributed by atoms with Crippen LogP contribution in [0.2, 0.25) is 0 Å². The number of halogens is 2. The molecular formula is C19H21F2N5O2S. The van der Waals surface area contributed by atoms with E-state index in [0.717, 1.165) is 16.0 Å². The second-order valence-electron chi connectivity index (χ2n) is 7.17. The van der Waals surface area contributed by atoms with Gasteiger partial charge < -0.3 is 15.8 Å². The van der Waals surface area contributed by atoms with E-state index in [1.807, 2.05) is 6.92 Å². The van der Waals surface area contributed by atoms with Crippen LogP contribution in [0.15, 0.2) is 24.7 Å². The van der Waals surface area contributed by atoms with Gasteiger partial charge in [-0.15, -0.1) is 11.3 Å². The SMILES string of the molecule is COc1cnc2c(-c3cc(C(=O)NC4C(N)CCCC4(F)F)sc3C)cnn2c1. The highest BCUT2D eigenvalue weighted by Gasteiger charge is 2.46. The van der Waals surface area contributed by atoms with E-state index in [4.69, 9.17) is 10.5 Å². The molecule has 1 aliphatic rings. The van der Waals surface area contributed by atoms with Gasteiger partial charge >= 0.3 is 0 Å². The Labute approximate surface area is 169 Å². The standard InChI is InChI=1S/C19H21F2N5O2S/c1-10-12(13-8-24-26-9-11(28-2)7-23-17(13)26)6-15(29-10)18(27)25-16-14(22)4-3-5-19(16,20)21/h6-9,14,16H,3-5,22H2,1-2H3,(H,25,27). The summed E-state index contributed by atoms with van der Waals surface area (Å²) in [6.07, 6.45) is 5.50. The first-order valence-electron chi connectivity index (χ1n) is 9.22. The van der Waals surface area contributed by atoms with Crippen molar-refractivity contribution in [1.29, 1.82) is 0 Å². The fraction of sp³-hybridized carbons (Fsp3) is 0.421. The van der Waals surface area contributed by atoms with Gasteiger partial charge in [-0.05, 0) is 25.8 Å². The minimum absolute atomic E-state index is 0.266. The van der Waals surface area contributed by atoms with Crippen LogP contribution in [0.1, 0.15) is 33.8 Å². The second-order valence-corrected chi connectivity index (χ2v) is 8.43. The lowest BCUT2D eigenvalue weighted by Gasteiger charge is -2.36. The molecule has 2 atom stereocenters. The zero-order chi connectivity index (χ0) is 20.8. The molecule has 0 saturated heterocycles. The lowest BCUT2D eigenvalue weighted by molar-refractivity contribution is -0.0674. The Morgan fingerprint density at radius 3 is 2.93 bits per heavy atom. The third-order valence-electron chi connectivity index (χ3n) is 5.22. The Kier molecular flexibility index (Phi) is 4.99. The van der Waals surface area contributed by atoms with Crippen LogP contribution in [0.4, 0.5) is 8.78 Å². The lowest BCUT2D eigenvalue weighted by Crippen LogP contribution is -2.59. The largest absolute Gasteiger partial charge is 0.494 e. The summed E-state index contributed by atoms with van der Waals surface area (Å²) in [6, 6.07) is -0.437. The number of hydrogen-bond donors (Lipinski definition) is 2. The van der Waals surface area contributed by atoms with Gasteiger partial charge in [0.15, 0.2) is 11.4 Å². The molecule has 1 aliphatic carbocycles. The van der Waals surface area contributed by atoms with Crippen molar-refractivity contribution >= 4 is 22.9 Å². The number of carbonyl (C=O) groups is 1. The van der Waals surface area contributed by atoms with Crippen LogP contribution >= 0.6 is 11.3 Å². The van der Waals surface area contributed by atoms with Crippen molar-refractivity contribution in [3.8, 4) is 16.9 Å². The molecule has 7 nitrogen and oxygen atoms in total. The van der Waals surface area contributed by atoms with Crippen molar-refractivity contribution < 1.29 is 18.3 Å². The van der Waals surface area contributed by atoms with Crippen LogP contribution in [0.25, 0.3) is 16.8 Å². The van der Waals surface area contributed by atoms with Gasteiger partial charge in [0.2, 0.25) is 0 Å². The number of hydrogen-bond acceptors (Lipinski definition) is 6. The minimum Gasteiger partial charge on any atom is -0.494 e. The number of thiophene rings is 1. The molecule has 3 aromatic rings. The van der Waals surface area contributed by atoms with Crippen LogP contribution in [0, 0.1) is 6.92 Å². The summed E-state index contributed by atoms with van der Waals surface area (Å²) < 4.78 is 35.2. The highest BCUT2D eigenvalue weighted by Crippen LogP contribution is 2.35. The lowest BCUT2D eigenvalue weighted by atomic mass is 9.87. The number of alkyl halides is 2. The molecule has 3 aromatic heterocycles. The van der Waals surface area contributed by atoms with E-state index in [1.54, 1.807) is 36.3 Å². The van der Waals surface area contributed by atoms with Gasteiger partial charge in [-0.25, -0.2) is 18.3 Å². The highest BCUT2D eigenvalue weighted by atomic mass is 32.1. The van der Waals surface area contributed by atoms with E-state index in [-0.39, 0.29) is 6.42 Å². The molecule has 1 saturated carbocycles. The van der Waals surface area contributed by atoms with Crippen LogP contribution < -0.4 is 15.8 Å². The van der Waals surface area contributed by atoms with E-state index in [2.05, 4.69) is 15.4 Å². The molecule has 154 valence electrons. The van der Waals surface area contributed by atoms with E-state index < -0.39 is 23.9 Å². The summed E-state index contributed by atoms with van der Waals surface area (Å²) in [5.74, 6) is -2.98. The Bertz CT molecular complexity index is 1060. The first-order chi connectivity index (χ1) is 13.8. The Hall–Kier alpha value is -2.59. The third-order valence-corrected chi connectivity index (χ3v) is 6.27. The summed E-state index contributed by atoms with van der Waals surface area (Å²) in [4.78, 5) is 18.3. The molecule has 2 unspecified atom stereocenters. The van der Waals surface area contributed by atoms with Crippen molar-refractivity contribution in [2.75, 3.05) is 7.11 Å². The minimum atomic E-state index is -3.01. The average Bonchev–Trinajstić information content (AvgIpc) is 3.27. The van der Waals surface area contributed by atoms with E-state index in [9.17, 15) is 13.6 Å².